The SMILES string of the molecule is Cc1c(O)cccc1C(=O)N(CCCl)CC(F)(F)F. The van der Waals surface area contributed by atoms with Gasteiger partial charge < -0.3 is 10.0 Å². The second-order valence-electron chi connectivity index (χ2n) is 3.98. The molecule has 1 aromatic carbocycles. The number of phenols is 1. The molecule has 1 aromatic rings. The number of carbonyl (C=O) groups is 1. The molecule has 0 saturated carbocycles. The average molecular weight is 296 g/mol. The predicted molar refractivity (Wildman–Crippen MR) is 65.5 cm³/mol. The van der Waals surface area contributed by atoms with Crippen molar-refractivity contribution in [2.75, 3.05) is 19.0 Å². The lowest BCUT2D eigenvalue weighted by Crippen LogP contribution is -2.40. The number of halogens is 4. The van der Waals surface area contributed by atoms with Crippen molar-refractivity contribution in [3.8, 4) is 5.75 Å². The normalized spacial score (nSPS) is 11.4. The maximum absolute atomic E-state index is 12.4. The van der Waals surface area contributed by atoms with Gasteiger partial charge in [0.05, 0.1) is 0 Å². The van der Waals surface area contributed by atoms with E-state index >= 15 is 0 Å². The first-order valence-electron chi connectivity index (χ1n) is 5.47. The Kier molecular flexibility index (Phi) is 5.05. The van der Waals surface area contributed by atoms with Crippen molar-refractivity contribution < 1.29 is 23.1 Å². The van der Waals surface area contributed by atoms with E-state index in [2.05, 4.69) is 0 Å². The van der Waals surface area contributed by atoms with Crippen LogP contribution in [0.2, 0.25) is 0 Å². The Morgan fingerprint density at radius 3 is 2.58 bits per heavy atom. The van der Waals surface area contributed by atoms with Gasteiger partial charge in [0.2, 0.25) is 0 Å². The molecule has 0 heterocycles. The lowest BCUT2D eigenvalue weighted by atomic mass is 10.1. The number of amides is 1. The highest BCUT2D eigenvalue weighted by atomic mass is 35.5. The van der Waals surface area contributed by atoms with E-state index in [4.69, 9.17) is 11.6 Å². The number of alkyl halides is 4. The topological polar surface area (TPSA) is 40.5 Å². The highest BCUT2D eigenvalue weighted by molar-refractivity contribution is 6.18. The van der Waals surface area contributed by atoms with Crippen molar-refractivity contribution in [3.63, 3.8) is 0 Å². The van der Waals surface area contributed by atoms with Gasteiger partial charge in [0.1, 0.15) is 12.3 Å². The van der Waals surface area contributed by atoms with Gasteiger partial charge in [0.15, 0.2) is 0 Å². The van der Waals surface area contributed by atoms with Crippen molar-refractivity contribution in [1.82, 2.24) is 4.90 Å². The van der Waals surface area contributed by atoms with Crippen molar-refractivity contribution in [2.24, 2.45) is 0 Å². The van der Waals surface area contributed by atoms with E-state index in [1.807, 2.05) is 0 Å². The van der Waals surface area contributed by atoms with Crippen molar-refractivity contribution in [3.05, 3.63) is 29.3 Å². The second-order valence-corrected chi connectivity index (χ2v) is 4.36. The van der Waals surface area contributed by atoms with E-state index in [9.17, 15) is 23.1 Å². The van der Waals surface area contributed by atoms with Gasteiger partial charge in [-0.1, -0.05) is 6.07 Å². The summed E-state index contributed by atoms with van der Waals surface area (Å²) in [6, 6.07) is 4.14. The monoisotopic (exact) mass is 295 g/mol. The Bertz CT molecular complexity index is 463. The number of carbonyl (C=O) groups excluding carboxylic acids is 1. The summed E-state index contributed by atoms with van der Waals surface area (Å²) in [6.45, 7) is -0.113. The molecule has 0 aromatic heterocycles. The van der Waals surface area contributed by atoms with Gasteiger partial charge >= 0.3 is 6.18 Å². The van der Waals surface area contributed by atoms with Crippen molar-refractivity contribution in [1.29, 1.82) is 0 Å². The number of hydrogen-bond donors (Lipinski definition) is 1. The molecule has 0 atom stereocenters. The van der Waals surface area contributed by atoms with E-state index in [-0.39, 0.29) is 29.3 Å². The van der Waals surface area contributed by atoms with Crippen molar-refractivity contribution >= 4 is 17.5 Å². The smallest absolute Gasteiger partial charge is 0.406 e. The molecule has 0 unspecified atom stereocenters. The molecule has 106 valence electrons. The average Bonchev–Trinajstić information content (AvgIpc) is 2.30. The Morgan fingerprint density at radius 2 is 2.05 bits per heavy atom. The Hall–Kier alpha value is -1.43. The van der Waals surface area contributed by atoms with Crippen LogP contribution < -0.4 is 0 Å². The summed E-state index contributed by atoms with van der Waals surface area (Å²) in [4.78, 5) is 12.7. The summed E-state index contributed by atoms with van der Waals surface area (Å²) < 4.78 is 37.2. The third kappa shape index (κ3) is 4.31. The molecule has 3 nitrogen and oxygen atoms in total. The number of hydrogen-bond acceptors (Lipinski definition) is 2. The van der Waals surface area contributed by atoms with Crippen LogP contribution >= 0.6 is 11.6 Å². The minimum Gasteiger partial charge on any atom is -0.508 e. The van der Waals surface area contributed by atoms with Gasteiger partial charge in [-0.15, -0.1) is 11.6 Å². The second kappa shape index (κ2) is 6.14. The van der Waals surface area contributed by atoms with E-state index in [1.54, 1.807) is 0 Å². The minimum atomic E-state index is -4.49. The first-order chi connectivity index (χ1) is 8.76. The van der Waals surface area contributed by atoms with Crippen LogP contribution in [0, 0.1) is 6.92 Å². The van der Waals surface area contributed by atoms with Crippen LogP contribution in [0.3, 0.4) is 0 Å². The third-order valence-electron chi connectivity index (χ3n) is 2.55. The molecule has 0 aliphatic rings. The molecule has 1 rings (SSSR count). The molecule has 1 amide bonds. The van der Waals surface area contributed by atoms with Gasteiger partial charge in [-0.3, -0.25) is 4.79 Å². The first-order valence-corrected chi connectivity index (χ1v) is 6.00. The van der Waals surface area contributed by atoms with E-state index in [0.717, 1.165) is 0 Å². The van der Waals surface area contributed by atoms with Crippen LogP contribution in [-0.4, -0.2) is 41.1 Å². The van der Waals surface area contributed by atoms with Crippen LogP contribution in [0.5, 0.6) is 5.75 Å². The fourth-order valence-corrected chi connectivity index (χ4v) is 1.80. The molecule has 19 heavy (non-hydrogen) atoms. The number of aromatic hydroxyl groups is 1. The maximum atomic E-state index is 12.4. The predicted octanol–water partition coefficient (Wildman–Crippen LogP) is 2.94. The Balaban J connectivity index is 3.02. The van der Waals surface area contributed by atoms with Crippen molar-refractivity contribution in [2.45, 2.75) is 13.1 Å². The summed E-state index contributed by atoms with van der Waals surface area (Å²) in [5.41, 5.74) is 0.281. The molecule has 1 N–H and O–H groups in total. The lowest BCUT2D eigenvalue weighted by Gasteiger charge is -2.23. The lowest BCUT2D eigenvalue weighted by molar-refractivity contribution is -0.140. The molecule has 7 heteroatoms. The number of benzene rings is 1. The van der Waals surface area contributed by atoms with Gasteiger partial charge in [-0.2, -0.15) is 13.2 Å². The highest BCUT2D eigenvalue weighted by Crippen LogP contribution is 2.23. The fourth-order valence-electron chi connectivity index (χ4n) is 1.60. The van der Waals surface area contributed by atoms with Gasteiger partial charge in [0, 0.05) is 23.6 Å². The van der Waals surface area contributed by atoms with Gasteiger partial charge in [-0.25, -0.2) is 0 Å². The number of nitrogens with zero attached hydrogens (tertiary/aromatic N) is 1. The zero-order valence-electron chi connectivity index (χ0n) is 10.2. The van der Waals surface area contributed by atoms with Gasteiger partial charge in [-0.05, 0) is 19.1 Å². The molecule has 0 saturated heterocycles. The van der Waals surface area contributed by atoms with Crippen LogP contribution in [0.25, 0.3) is 0 Å². The van der Waals surface area contributed by atoms with E-state index in [0.29, 0.717) is 4.90 Å². The molecular weight excluding hydrogens is 283 g/mol. The third-order valence-corrected chi connectivity index (χ3v) is 2.72. The van der Waals surface area contributed by atoms with Crippen LogP contribution in [0.4, 0.5) is 13.2 Å². The summed E-state index contributed by atoms with van der Waals surface area (Å²) >= 11 is 5.42. The van der Waals surface area contributed by atoms with E-state index in [1.165, 1.54) is 25.1 Å². The molecule has 0 radical (unpaired) electrons. The molecule has 0 aliphatic carbocycles. The van der Waals surface area contributed by atoms with Crippen LogP contribution in [0.15, 0.2) is 18.2 Å². The number of rotatable bonds is 4. The number of phenolic OH excluding ortho intramolecular Hbond substituents is 1. The van der Waals surface area contributed by atoms with Gasteiger partial charge in [0.25, 0.3) is 5.91 Å². The van der Waals surface area contributed by atoms with E-state index < -0.39 is 18.6 Å². The first kappa shape index (κ1) is 15.6. The summed E-state index contributed by atoms with van der Waals surface area (Å²) in [7, 11) is 0. The highest BCUT2D eigenvalue weighted by Gasteiger charge is 2.33. The molecule has 0 fully saturated rings. The Labute approximate surface area is 113 Å². The fraction of sp³-hybridized carbons (Fsp3) is 0.417. The summed E-state index contributed by atoms with van der Waals surface area (Å²) in [6.07, 6.45) is -4.49. The minimum absolute atomic E-state index is 0.0365. The van der Waals surface area contributed by atoms with Crippen LogP contribution in [0.1, 0.15) is 15.9 Å². The standard InChI is InChI=1S/C12H13ClF3NO2/c1-8-9(3-2-4-10(8)18)11(19)17(6-5-13)7-12(14,15)16/h2-4,18H,5-7H2,1H3. The van der Waals surface area contributed by atoms with Crippen LogP contribution in [-0.2, 0) is 0 Å². The molecular formula is C12H13ClF3NO2. The molecule has 0 aliphatic heterocycles. The Morgan fingerprint density at radius 1 is 1.42 bits per heavy atom. The quantitative estimate of drug-likeness (QED) is 0.868. The summed E-state index contributed by atoms with van der Waals surface area (Å²) in [5, 5.41) is 9.47. The largest absolute Gasteiger partial charge is 0.508 e. The zero-order chi connectivity index (χ0) is 14.6. The zero-order valence-corrected chi connectivity index (χ0v) is 10.9. The maximum Gasteiger partial charge on any atom is 0.406 e. The molecule has 0 bridgehead atoms. The molecule has 0 spiro atoms. The summed E-state index contributed by atoms with van der Waals surface area (Å²) in [5.74, 6) is -1.03.